The Morgan fingerprint density at radius 3 is 1.81 bits per heavy atom. The molecule has 1 atom stereocenters. The molecule has 8 nitrogen and oxygen atoms in total. The van der Waals surface area contributed by atoms with Gasteiger partial charge in [-0.15, -0.1) is 0 Å². The zero-order valence-corrected chi connectivity index (χ0v) is 16.2. The predicted octanol–water partition coefficient (Wildman–Crippen LogP) is 2.57. The van der Waals surface area contributed by atoms with Crippen LogP contribution in [0.5, 0.6) is 0 Å². The minimum Gasteiger partial charge on any atom is -0.412 e. The third kappa shape index (κ3) is 6.21. The molecule has 0 saturated carbocycles. The summed E-state index contributed by atoms with van der Waals surface area (Å²) < 4.78 is 167. The molecule has 32 heavy (non-hydrogen) atoms. The number of carbonyl (C=O) groups is 2. The lowest BCUT2D eigenvalue weighted by atomic mass is 10.2. The minimum atomic E-state index is -6.66. The molecule has 0 aromatic heterocycles. The molecule has 188 valence electrons. The quantitative estimate of drug-likeness (QED) is 0.114. The number of hydrogen-bond donors (Lipinski definition) is 2. The summed E-state index contributed by atoms with van der Waals surface area (Å²) in [5.41, 5.74) is -2.52. The monoisotopic (exact) mass is 517 g/mol. The highest BCUT2D eigenvalue weighted by Gasteiger charge is 2.67. The second-order valence-corrected chi connectivity index (χ2v) is 7.17. The van der Waals surface area contributed by atoms with Crippen LogP contribution in [-0.4, -0.2) is 67.8 Å². The van der Waals surface area contributed by atoms with Gasteiger partial charge in [-0.3, -0.25) is 9.35 Å². The highest BCUT2D eigenvalue weighted by atomic mass is 32.2. The molecule has 0 spiro atoms. The maximum absolute atomic E-state index is 13.4. The Morgan fingerprint density at radius 1 is 1.00 bits per heavy atom. The van der Waals surface area contributed by atoms with Crippen molar-refractivity contribution in [1.29, 1.82) is 0 Å². The van der Waals surface area contributed by atoms with Gasteiger partial charge in [0, 0.05) is 13.5 Å². The SMILES string of the molecule is C=C(C(=O)OC(OCCCC(F)(F)C(F)(F)S(=O)(=O)O)(C(=O)NC)C(F)(F)F)C(F)(F)F. The van der Waals surface area contributed by atoms with Crippen molar-refractivity contribution < 1.29 is 75.9 Å². The first kappa shape index (κ1) is 29.9. The maximum Gasteiger partial charge on any atom is 0.466 e. The predicted molar refractivity (Wildman–Crippen MR) is 80.8 cm³/mol. The van der Waals surface area contributed by atoms with Crippen molar-refractivity contribution in [2.24, 2.45) is 0 Å². The molecular weight excluding hydrogens is 504 g/mol. The van der Waals surface area contributed by atoms with Gasteiger partial charge in [-0.2, -0.15) is 52.3 Å². The number of rotatable bonds is 10. The molecule has 0 radical (unpaired) electrons. The second-order valence-electron chi connectivity index (χ2n) is 5.71. The largest absolute Gasteiger partial charge is 0.466 e. The zero-order chi connectivity index (χ0) is 26.0. The van der Waals surface area contributed by atoms with E-state index < -0.39 is 76.3 Å². The average Bonchev–Trinajstić information content (AvgIpc) is 2.59. The molecule has 0 bridgehead atoms. The normalized spacial score (nSPS) is 15.6. The van der Waals surface area contributed by atoms with Crippen LogP contribution in [0.1, 0.15) is 12.8 Å². The molecule has 0 aliphatic heterocycles. The van der Waals surface area contributed by atoms with E-state index in [0.717, 1.165) is 0 Å². The highest BCUT2D eigenvalue weighted by molar-refractivity contribution is 7.87. The van der Waals surface area contributed by atoms with E-state index >= 15 is 0 Å². The third-order valence-electron chi connectivity index (χ3n) is 3.41. The molecule has 19 heteroatoms. The number of ether oxygens (including phenoxy) is 2. The molecule has 1 unspecified atom stereocenters. The summed E-state index contributed by atoms with van der Waals surface area (Å²) in [6.45, 7) is 0.343. The molecule has 1 amide bonds. The van der Waals surface area contributed by atoms with Crippen molar-refractivity contribution in [3.05, 3.63) is 12.2 Å². The van der Waals surface area contributed by atoms with Gasteiger partial charge in [0.1, 0.15) is 5.57 Å². The highest BCUT2D eigenvalue weighted by Crippen LogP contribution is 2.42. The van der Waals surface area contributed by atoms with E-state index in [2.05, 4.69) is 16.1 Å². The molecule has 0 saturated heterocycles. The lowest BCUT2D eigenvalue weighted by Gasteiger charge is -2.33. The lowest BCUT2D eigenvalue weighted by Crippen LogP contribution is -2.61. The summed E-state index contributed by atoms with van der Waals surface area (Å²) >= 11 is 0. The van der Waals surface area contributed by atoms with Crippen molar-refractivity contribution in [3.8, 4) is 0 Å². The third-order valence-corrected chi connectivity index (χ3v) is 4.36. The summed E-state index contributed by atoms with van der Waals surface area (Å²) in [5, 5.41) is -4.83. The Labute approximate surface area is 172 Å². The molecular formula is C13H13F10NO7S. The van der Waals surface area contributed by atoms with Gasteiger partial charge in [0.15, 0.2) is 0 Å². The number of esters is 1. The fourth-order valence-electron chi connectivity index (χ4n) is 1.73. The summed E-state index contributed by atoms with van der Waals surface area (Å²) in [6, 6.07) is 0. The minimum absolute atomic E-state index is 0.486. The van der Waals surface area contributed by atoms with E-state index in [-0.39, 0.29) is 0 Å². The van der Waals surface area contributed by atoms with Gasteiger partial charge in [0.05, 0.1) is 6.61 Å². The van der Waals surface area contributed by atoms with E-state index in [9.17, 15) is 61.9 Å². The van der Waals surface area contributed by atoms with Crippen molar-refractivity contribution in [3.63, 3.8) is 0 Å². The fraction of sp³-hybridized carbons (Fsp3) is 0.692. The summed E-state index contributed by atoms with van der Waals surface area (Å²) in [5.74, 6) is -15.7. The number of amides is 1. The van der Waals surface area contributed by atoms with Crippen molar-refractivity contribution in [2.75, 3.05) is 13.7 Å². The van der Waals surface area contributed by atoms with Crippen LogP contribution in [0.3, 0.4) is 0 Å². The Kier molecular flexibility index (Phi) is 8.75. The van der Waals surface area contributed by atoms with Crippen molar-refractivity contribution in [1.82, 2.24) is 5.32 Å². The lowest BCUT2D eigenvalue weighted by molar-refractivity contribution is -0.348. The Bertz CT molecular complexity index is 837. The Hall–Kier alpha value is -2.15. The first-order valence-corrected chi connectivity index (χ1v) is 9.07. The summed E-state index contributed by atoms with van der Waals surface area (Å²) in [6.07, 6.45) is -15.6. The Balaban J connectivity index is 5.79. The van der Waals surface area contributed by atoms with Gasteiger partial charge in [0.2, 0.25) is 0 Å². The standard InChI is InChI=1S/C13H13F10NO7S/c1-6(11(16,17)18)7(25)31-10(8(26)24-2,12(19,20)21)30-5-3-4-9(14,15)13(22,23)32(27,28)29/h1,3-5H2,2H3,(H,24,26)(H,27,28,29). The molecule has 0 aliphatic carbocycles. The first-order valence-electron chi connectivity index (χ1n) is 7.63. The van der Waals surface area contributed by atoms with E-state index in [4.69, 9.17) is 4.55 Å². The van der Waals surface area contributed by atoms with E-state index in [1.54, 1.807) is 0 Å². The zero-order valence-electron chi connectivity index (χ0n) is 15.4. The number of likely N-dealkylation sites (N-methyl/N-ethyl adjacent to an activating group) is 1. The average molecular weight is 517 g/mol. The van der Waals surface area contributed by atoms with E-state index in [1.165, 1.54) is 5.32 Å². The number of carbonyl (C=O) groups excluding carboxylic acids is 2. The summed E-state index contributed by atoms with van der Waals surface area (Å²) in [4.78, 5) is 23.0. The van der Waals surface area contributed by atoms with Gasteiger partial charge in [-0.1, -0.05) is 6.58 Å². The number of nitrogens with one attached hydrogen (secondary N) is 1. The van der Waals surface area contributed by atoms with Gasteiger partial charge in [0.25, 0.3) is 0 Å². The topological polar surface area (TPSA) is 119 Å². The number of alkyl halides is 10. The molecule has 0 aromatic carbocycles. The van der Waals surface area contributed by atoms with Crippen LogP contribution in [0.15, 0.2) is 12.2 Å². The smallest absolute Gasteiger partial charge is 0.412 e. The number of hydrogen-bond acceptors (Lipinski definition) is 6. The van der Waals surface area contributed by atoms with Crippen molar-refractivity contribution >= 4 is 22.0 Å². The maximum atomic E-state index is 13.4. The summed E-state index contributed by atoms with van der Waals surface area (Å²) in [7, 11) is -6.17. The molecule has 0 fully saturated rings. The molecule has 0 heterocycles. The van der Waals surface area contributed by atoms with Gasteiger partial charge >= 0.3 is 51.3 Å². The van der Waals surface area contributed by atoms with Crippen LogP contribution in [-0.2, 0) is 29.2 Å². The van der Waals surface area contributed by atoms with Crippen molar-refractivity contribution in [2.45, 2.75) is 42.2 Å². The van der Waals surface area contributed by atoms with Gasteiger partial charge in [-0.25, -0.2) is 4.79 Å². The van der Waals surface area contributed by atoms with Crippen LogP contribution in [0.25, 0.3) is 0 Å². The Morgan fingerprint density at radius 2 is 1.47 bits per heavy atom. The van der Waals surface area contributed by atoms with E-state index in [1.807, 2.05) is 0 Å². The fourth-order valence-corrected chi connectivity index (χ4v) is 2.21. The van der Waals surface area contributed by atoms with Crippen LogP contribution in [0, 0.1) is 0 Å². The van der Waals surface area contributed by atoms with Crippen LogP contribution < -0.4 is 5.32 Å². The van der Waals surface area contributed by atoms with Gasteiger partial charge < -0.3 is 14.8 Å². The molecule has 2 N–H and O–H groups in total. The molecule has 0 aromatic rings. The van der Waals surface area contributed by atoms with Crippen LogP contribution >= 0.6 is 0 Å². The second kappa shape index (κ2) is 9.38. The molecule has 0 aliphatic rings. The first-order chi connectivity index (χ1) is 14.0. The number of halogens is 10. The van der Waals surface area contributed by atoms with Crippen LogP contribution in [0.4, 0.5) is 43.9 Å². The molecule has 0 rings (SSSR count). The van der Waals surface area contributed by atoms with E-state index in [0.29, 0.717) is 7.05 Å². The van der Waals surface area contributed by atoms with Crippen LogP contribution in [0.2, 0.25) is 0 Å². The van der Waals surface area contributed by atoms with Gasteiger partial charge in [-0.05, 0) is 6.42 Å².